The van der Waals surface area contributed by atoms with Crippen LogP contribution >= 0.6 is 28.1 Å². The summed E-state index contributed by atoms with van der Waals surface area (Å²) in [5.41, 5.74) is 2.42. The highest BCUT2D eigenvalue weighted by Gasteiger charge is 2.40. The maximum absolute atomic E-state index is 5.48. The molecule has 0 unspecified atom stereocenters. The molecule has 1 fully saturated rings. The molecule has 1 aliphatic rings. The number of benzene rings is 1. The van der Waals surface area contributed by atoms with Crippen molar-refractivity contribution in [2.75, 3.05) is 0 Å². The van der Waals surface area contributed by atoms with E-state index in [9.17, 15) is 0 Å². The van der Waals surface area contributed by atoms with E-state index in [1.807, 2.05) is 6.07 Å². The van der Waals surface area contributed by atoms with Gasteiger partial charge in [-0.25, -0.2) is 0 Å². The van der Waals surface area contributed by atoms with Crippen molar-refractivity contribution in [2.45, 2.75) is 32.2 Å². The third-order valence-electron chi connectivity index (χ3n) is 3.80. The van der Waals surface area contributed by atoms with Crippen molar-refractivity contribution >= 4 is 39.2 Å². The summed E-state index contributed by atoms with van der Waals surface area (Å²) in [7, 11) is 0. The zero-order valence-corrected chi connectivity index (χ0v) is 12.4. The van der Waals surface area contributed by atoms with Crippen molar-refractivity contribution in [3.8, 4) is 0 Å². The lowest BCUT2D eigenvalue weighted by atomic mass is 9.98. The van der Waals surface area contributed by atoms with Crippen LogP contribution in [0.15, 0.2) is 22.7 Å². The Balaban J connectivity index is 2.31. The predicted octanol–water partition coefficient (Wildman–Crippen LogP) is 4.61. The van der Waals surface area contributed by atoms with Crippen LogP contribution in [0.5, 0.6) is 0 Å². The van der Waals surface area contributed by atoms with E-state index in [1.54, 1.807) is 0 Å². The number of halogens is 1. The summed E-state index contributed by atoms with van der Waals surface area (Å²) < 4.78 is 4.20. The van der Waals surface area contributed by atoms with Crippen molar-refractivity contribution in [1.29, 1.82) is 0 Å². The van der Waals surface area contributed by atoms with Crippen LogP contribution in [0.25, 0.3) is 11.0 Å². The van der Waals surface area contributed by atoms with Crippen molar-refractivity contribution in [1.82, 2.24) is 9.55 Å². The second-order valence-corrected chi connectivity index (χ2v) is 6.66. The fourth-order valence-electron chi connectivity index (χ4n) is 2.62. The molecular formula is C13H15BrN2S. The lowest BCUT2D eigenvalue weighted by molar-refractivity contribution is 0.310. The number of imidazole rings is 1. The molecule has 0 saturated heterocycles. The average molecular weight is 311 g/mol. The minimum atomic E-state index is 0.107. The molecule has 1 aliphatic carbocycles. The zero-order valence-electron chi connectivity index (χ0n) is 9.96. The van der Waals surface area contributed by atoms with Gasteiger partial charge in [-0.2, -0.15) is 0 Å². The summed E-state index contributed by atoms with van der Waals surface area (Å²) in [4.78, 5) is 3.30. The monoisotopic (exact) mass is 310 g/mol. The van der Waals surface area contributed by atoms with E-state index in [2.05, 4.69) is 51.5 Å². The van der Waals surface area contributed by atoms with Gasteiger partial charge in [0.15, 0.2) is 4.77 Å². The molecule has 0 spiro atoms. The van der Waals surface area contributed by atoms with Gasteiger partial charge < -0.3 is 9.55 Å². The Hall–Kier alpha value is -0.610. The van der Waals surface area contributed by atoms with E-state index in [0.29, 0.717) is 0 Å². The molecule has 4 heteroatoms. The number of H-pyrrole nitrogens is 1. The quantitative estimate of drug-likeness (QED) is 0.804. The van der Waals surface area contributed by atoms with E-state index >= 15 is 0 Å². The molecule has 0 bridgehead atoms. The molecule has 0 radical (unpaired) electrons. The summed E-state index contributed by atoms with van der Waals surface area (Å²) in [6.45, 7) is 4.57. The number of nitrogens with zero attached hydrogens (tertiary/aromatic N) is 1. The molecule has 1 saturated carbocycles. The zero-order chi connectivity index (χ0) is 12.2. The number of aromatic nitrogens is 2. The molecule has 1 aromatic heterocycles. The largest absolute Gasteiger partial charge is 0.331 e. The third kappa shape index (κ3) is 1.78. The highest BCUT2D eigenvalue weighted by molar-refractivity contribution is 9.10. The maximum Gasteiger partial charge on any atom is 0.178 e. The van der Waals surface area contributed by atoms with Gasteiger partial charge in [0.25, 0.3) is 0 Å². The number of aromatic amines is 1. The number of hydrogen-bond donors (Lipinski definition) is 1. The van der Waals surface area contributed by atoms with Crippen LogP contribution in [0.3, 0.4) is 0 Å². The van der Waals surface area contributed by atoms with Crippen LogP contribution in [0.4, 0.5) is 0 Å². The second-order valence-electron chi connectivity index (χ2n) is 5.35. The Morgan fingerprint density at radius 2 is 2.12 bits per heavy atom. The Bertz CT molecular complexity index is 634. The van der Waals surface area contributed by atoms with Gasteiger partial charge in [0.1, 0.15) is 0 Å². The van der Waals surface area contributed by atoms with Gasteiger partial charge in [-0.05, 0) is 63.0 Å². The molecule has 1 N–H and O–H groups in total. The Morgan fingerprint density at radius 3 is 2.76 bits per heavy atom. The van der Waals surface area contributed by atoms with E-state index in [1.165, 1.54) is 18.4 Å². The average Bonchev–Trinajstić information content (AvgIpc) is 3.02. The first-order valence-corrected chi connectivity index (χ1v) is 7.11. The maximum atomic E-state index is 5.48. The van der Waals surface area contributed by atoms with E-state index in [0.717, 1.165) is 20.7 Å². The summed E-state index contributed by atoms with van der Waals surface area (Å²) >= 11 is 9.02. The first-order chi connectivity index (χ1) is 8.00. The first kappa shape index (κ1) is 11.5. The normalized spacial score (nSPS) is 16.6. The SMILES string of the molecule is CC(C)(C1CC1)n1c(=S)[nH]c2ccc(Br)cc21. The Morgan fingerprint density at radius 1 is 1.41 bits per heavy atom. The van der Waals surface area contributed by atoms with Gasteiger partial charge >= 0.3 is 0 Å². The van der Waals surface area contributed by atoms with Crippen LogP contribution in [-0.4, -0.2) is 9.55 Å². The van der Waals surface area contributed by atoms with Crippen LogP contribution in [0, 0.1) is 10.7 Å². The van der Waals surface area contributed by atoms with E-state index in [4.69, 9.17) is 12.2 Å². The third-order valence-corrected chi connectivity index (χ3v) is 4.58. The van der Waals surface area contributed by atoms with Gasteiger partial charge in [-0.1, -0.05) is 15.9 Å². The van der Waals surface area contributed by atoms with E-state index in [-0.39, 0.29) is 5.54 Å². The number of nitrogens with one attached hydrogen (secondary N) is 1. The Kier molecular flexibility index (Phi) is 2.49. The first-order valence-electron chi connectivity index (χ1n) is 5.91. The highest BCUT2D eigenvalue weighted by atomic mass is 79.9. The standard InChI is InChI=1S/C13H15BrN2S/c1-13(2,8-3-4-8)16-11-7-9(14)5-6-10(11)15-12(16)17/h5-8H,3-4H2,1-2H3,(H,15,17). The Labute approximate surface area is 114 Å². The second kappa shape index (κ2) is 3.69. The minimum Gasteiger partial charge on any atom is -0.331 e. The molecule has 2 aromatic rings. The molecule has 0 aliphatic heterocycles. The summed E-state index contributed by atoms with van der Waals surface area (Å²) in [6.07, 6.45) is 2.63. The fraction of sp³-hybridized carbons (Fsp3) is 0.462. The van der Waals surface area contributed by atoms with Crippen LogP contribution in [0.1, 0.15) is 26.7 Å². The van der Waals surface area contributed by atoms with Crippen molar-refractivity contribution < 1.29 is 0 Å². The molecule has 0 amide bonds. The van der Waals surface area contributed by atoms with Gasteiger partial charge in [0.2, 0.25) is 0 Å². The lowest BCUT2D eigenvalue weighted by Crippen LogP contribution is -2.28. The van der Waals surface area contributed by atoms with Gasteiger partial charge in [0.05, 0.1) is 11.0 Å². The number of rotatable bonds is 2. The summed E-state index contributed by atoms with van der Waals surface area (Å²) in [5.74, 6) is 0.757. The molecule has 2 nitrogen and oxygen atoms in total. The van der Waals surface area contributed by atoms with Crippen LogP contribution < -0.4 is 0 Å². The molecule has 1 aromatic carbocycles. The number of hydrogen-bond acceptors (Lipinski definition) is 1. The molecule has 90 valence electrons. The van der Waals surface area contributed by atoms with Gasteiger partial charge in [-0.3, -0.25) is 0 Å². The highest BCUT2D eigenvalue weighted by Crippen LogP contribution is 2.45. The molecule has 17 heavy (non-hydrogen) atoms. The van der Waals surface area contributed by atoms with E-state index < -0.39 is 0 Å². The topological polar surface area (TPSA) is 20.7 Å². The smallest absolute Gasteiger partial charge is 0.178 e. The molecule has 3 rings (SSSR count). The lowest BCUT2D eigenvalue weighted by Gasteiger charge is -2.27. The van der Waals surface area contributed by atoms with Gasteiger partial charge in [0, 0.05) is 10.0 Å². The van der Waals surface area contributed by atoms with Crippen molar-refractivity contribution in [3.05, 3.63) is 27.4 Å². The van der Waals surface area contributed by atoms with Crippen molar-refractivity contribution in [2.24, 2.45) is 5.92 Å². The summed E-state index contributed by atoms with van der Waals surface area (Å²) in [5, 5.41) is 0. The fourth-order valence-corrected chi connectivity index (χ4v) is 3.41. The predicted molar refractivity (Wildman–Crippen MR) is 76.9 cm³/mol. The summed E-state index contributed by atoms with van der Waals surface area (Å²) in [6, 6.07) is 6.27. The molecule has 0 atom stereocenters. The molecular weight excluding hydrogens is 296 g/mol. The van der Waals surface area contributed by atoms with Crippen LogP contribution in [0.2, 0.25) is 0 Å². The van der Waals surface area contributed by atoms with Gasteiger partial charge in [-0.15, -0.1) is 0 Å². The molecule has 1 heterocycles. The minimum absolute atomic E-state index is 0.107. The van der Waals surface area contributed by atoms with Crippen molar-refractivity contribution in [3.63, 3.8) is 0 Å². The number of fused-ring (bicyclic) bond motifs is 1. The van der Waals surface area contributed by atoms with Crippen LogP contribution in [-0.2, 0) is 5.54 Å².